The van der Waals surface area contributed by atoms with Crippen molar-refractivity contribution in [2.24, 2.45) is 5.73 Å². The molecule has 1 aromatic rings. The molecule has 68 valence electrons. The molecule has 2 heteroatoms. The van der Waals surface area contributed by atoms with Gasteiger partial charge in [0.1, 0.15) is 0 Å². The summed E-state index contributed by atoms with van der Waals surface area (Å²) in [7, 11) is 0. The van der Waals surface area contributed by atoms with E-state index >= 15 is 0 Å². The van der Waals surface area contributed by atoms with Crippen LogP contribution in [0.4, 0.5) is 5.69 Å². The Labute approximate surface area is 78.5 Å². The summed E-state index contributed by atoms with van der Waals surface area (Å²) in [6.07, 6.45) is 2.83. The van der Waals surface area contributed by atoms with Crippen molar-refractivity contribution < 1.29 is 0 Å². The summed E-state index contributed by atoms with van der Waals surface area (Å²) >= 11 is 0. The van der Waals surface area contributed by atoms with E-state index in [2.05, 4.69) is 30.1 Å². The van der Waals surface area contributed by atoms with Crippen LogP contribution < -0.4 is 11.1 Å². The Kier molecular flexibility index (Phi) is 2.07. The Morgan fingerprint density at radius 2 is 2.38 bits per heavy atom. The van der Waals surface area contributed by atoms with Crippen LogP contribution >= 0.6 is 0 Å². The summed E-state index contributed by atoms with van der Waals surface area (Å²) in [6.45, 7) is 4.61. The molecule has 13 heavy (non-hydrogen) atoms. The third-order valence-electron chi connectivity index (χ3n) is 2.41. The number of nitrogens with one attached hydrogen (secondary N) is 1. The van der Waals surface area contributed by atoms with Crippen molar-refractivity contribution in [3.8, 4) is 0 Å². The zero-order valence-corrected chi connectivity index (χ0v) is 7.59. The highest BCUT2D eigenvalue weighted by Gasteiger charge is 2.13. The fourth-order valence-corrected chi connectivity index (χ4v) is 1.66. The zero-order chi connectivity index (χ0) is 9.26. The van der Waals surface area contributed by atoms with Crippen LogP contribution in [0.25, 0.3) is 6.08 Å². The standard InChI is InChI=1S/C11H14N2/c1-2-8-3-4-9-6-10(12)7-13-11(9)5-8/h2-5,10,13H,1,6-7,12H2/t10-/m1/s1. The average molecular weight is 174 g/mol. The van der Waals surface area contributed by atoms with Crippen molar-refractivity contribution in [1.82, 2.24) is 0 Å². The Bertz CT molecular complexity index is 331. The maximum Gasteiger partial charge on any atom is 0.0379 e. The largest absolute Gasteiger partial charge is 0.383 e. The smallest absolute Gasteiger partial charge is 0.0379 e. The number of benzene rings is 1. The topological polar surface area (TPSA) is 38.0 Å². The van der Waals surface area contributed by atoms with Crippen molar-refractivity contribution in [2.75, 3.05) is 11.9 Å². The van der Waals surface area contributed by atoms with Crippen molar-refractivity contribution in [1.29, 1.82) is 0 Å². The fourth-order valence-electron chi connectivity index (χ4n) is 1.66. The van der Waals surface area contributed by atoms with Gasteiger partial charge in [0.25, 0.3) is 0 Å². The van der Waals surface area contributed by atoms with Gasteiger partial charge in [0.2, 0.25) is 0 Å². The van der Waals surface area contributed by atoms with Crippen LogP contribution in [-0.2, 0) is 6.42 Å². The van der Waals surface area contributed by atoms with Crippen molar-refractivity contribution in [3.63, 3.8) is 0 Å². The molecule has 0 fully saturated rings. The van der Waals surface area contributed by atoms with Gasteiger partial charge in [0.15, 0.2) is 0 Å². The van der Waals surface area contributed by atoms with Crippen LogP contribution in [0.3, 0.4) is 0 Å². The molecule has 0 aromatic heterocycles. The third-order valence-corrected chi connectivity index (χ3v) is 2.41. The summed E-state index contributed by atoms with van der Waals surface area (Å²) in [6, 6.07) is 6.57. The molecule has 1 atom stereocenters. The molecule has 0 saturated heterocycles. The third kappa shape index (κ3) is 1.58. The monoisotopic (exact) mass is 174 g/mol. The molecule has 0 saturated carbocycles. The second-order valence-electron chi connectivity index (χ2n) is 3.47. The van der Waals surface area contributed by atoms with Gasteiger partial charge in [-0.1, -0.05) is 24.8 Å². The van der Waals surface area contributed by atoms with Crippen LogP contribution in [0.5, 0.6) is 0 Å². The van der Waals surface area contributed by atoms with Crippen LogP contribution in [0.1, 0.15) is 11.1 Å². The molecule has 0 unspecified atom stereocenters. The quantitative estimate of drug-likeness (QED) is 0.679. The second-order valence-corrected chi connectivity index (χ2v) is 3.47. The molecule has 0 spiro atoms. The van der Waals surface area contributed by atoms with E-state index in [1.165, 1.54) is 11.3 Å². The normalized spacial score (nSPS) is 20.2. The summed E-state index contributed by atoms with van der Waals surface area (Å²) in [4.78, 5) is 0. The molecule has 1 aromatic carbocycles. The minimum atomic E-state index is 0.252. The Balaban J connectivity index is 2.36. The fraction of sp³-hybridized carbons (Fsp3) is 0.273. The maximum absolute atomic E-state index is 5.84. The number of fused-ring (bicyclic) bond motifs is 1. The maximum atomic E-state index is 5.84. The molecule has 3 N–H and O–H groups in total. The van der Waals surface area contributed by atoms with E-state index in [1.807, 2.05) is 6.08 Å². The van der Waals surface area contributed by atoms with Crippen LogP contribution in [0.2, 0.25) is 0 Å². The van der Waals surface area contributed by atoms with E-state index in [4.69, 9.17) is 5.73 Å². The Hall–Kier alpha value is -1.28. The molecule has 0 aliphatic carbocycles. The lowest BCUT2D eigenvalue weighted by Gasteiger charge is -2.23. The van der Waals surface area contributed by atoms with Gasteiger partial charge < -0.3 is 11.1 Å². The number of nitrogens with two attached hydrogens (primary N) is 1. The van der Waals surface area contributed by atoms with E-state index in [1.54, 1.807) is 0 Å². The number of rotatable bonds is 1. The number of hydrogen-bond acceptors (Lipinski definition) is 2. The van der Waals surface area contributed by atoms with Gasteiger partial charge in [-0.2, -0.15) is 0 Å². The SMILES string of the molecule is C=Cc1ccc2c(c1)NC[C@H](N)C2. The minimum Gasteiger partial charge on any atom is -0.383 e. The van der Waals surface area contributed by atoms with Gasteiger partial charge in [0, 0.05) is 18.3 Å². The number of anilines is 1. The molecule has 1 aliphatic heterocycles. The predicted octanol–water partition coefficient (Wildman–Crippen LogP) is 1.62. The molecule has 1 aliphatic rings. The molecule has 1 heterocycles. The summed E-state index contributed by atoms with van der Waals surface area (Å²) < 4.78 is 0. The van der Waals surface area contributed by atoms with Gasteiger partial charge in [-0.25, -0.2) is 0 Å². The highest BCUT2D eigenvalue weighted by atomic mass is 14.9. The highest BCUT2D eigenvalue weighted by Crippen LogP contribution is 2.22. The van der Waals surface area contributed by atoms with E-state index in [0.717, 1.165) is 18.5 Å². The first kappa shape index (κ1) is 8.32. The molecule has 0 radical (unpaired) electrons. The highest BCUT2D eigenvalue weighted by molar-refractivity contribution is 5.61. The van der Waals surface area contributed by atoms with E-state index in [9.17, 15) is 0 Å². The van der Waals surface area contributed by atoms with Gasteiger partial charge in [-0.3, -0.25) is 0 Å². The van der Waals surface area contributed by atoms with Crippen molar-refractivity contribution in [2.45, 2.75) is 12.5 Å². The van der Waals surface area contributed by atoms with E-state index < -0.39 is 0 Å². The van der Waals surface area contributed by atoms with Crippen LogP contribution in [0.15, 0.2) is 24.8 Å². The first-order valence-electron chi connectivity index (χ1n) is 4.54. The number of hydrogen-bond donors (Lipinski definition) is 2. The molecule has 0 bridgehead atoms. The lowest BCUT2D eigenvalue weighted by Crippen LogP contribution is -2.35. The Morgan fingerprint density at radius 3 is 3.15 bits per heavy atom. The average Bonchev–Trinajstić information content (AvgIpc) is 2.17. The Morgan fingerprint density at radius 1 is 1.54 bits per heavy atom. The van der Waals surface area contributed by atoms with Gasteiger partial charge in [0.05, 0.1) is 0 Å². The molecular weight excluding hydrogens is 160 g/mol. The lowest BCUT2D eigenvalue weighted by atomic mass is 9.98. The summed E-state index contributed by atoms with van der Waals surface area (Å²) in [5.74, 6) is 0. The van der Waals surface area contributed by atoms with Gasteiger partial charge >= 0.3 is 0 Å². The zero-order valence-electron chi connectivity index (χ0n) is 7.59. The van der Waals surface area contributed by atoms with Crippen LogP contribution in [-0.4, -0.2) is 12.6 Å². The van der Waals surface area contributed by atoms with E-state index in [0.29, 0.717) is 0 Å². The molecular formula is C11H14N2. The lowest BCUT2D eigenvalue weighted by molar-refractivity contribution is 0.679. The van der Waals surface area contributed by atoms with Crippen molar-refractivity contribution in [3.05, 3.63) is 35.9 Å². The second kappa shape index (κ2) is 3.23. The summed E-state index contributed by atoms with van der Waals surface area (Å²) in [5, 5.41) is 3.31. The van der Waals surface area contributed by atoms with Gasteiger partial charge in [-0.05, 0) is 23.6 Å². The van der Waals surface area contributed by atoms with Gasteiger partial charge in [-0.15, -0.1) is 0 Å². The summed E-state index contributed by atoms with van der Waals surface area (Å²) in [5.41, 5.74) is 9.51. The first-order valence-corrected chi connectivity index (χ1v) is 4.54. The minimum absolute atomic E-state index is 0.252. The predicted molar refractivity (Wildman–Crippen MR) is 56.7 cm³/mol. The molecule has 2 nitrogen and oxygen atoms in total. The first-order chi connectivity index (χ1) is 6.29. The van der Waals surface area contributed by atoms with E-state index in [-0.39, 0.29) is 6.04 Å². The molecule has 2 rings (SSSR count). The van der Waals surface area contributed by atoms with Crippen molar-refractivity contribution >= 4 is 11.8 Å². The van der Waals surface area contributed by atoms with Crippen LogP contribution in [0, 0.1) is 0 Å². The molecule has 0 amide bonds.